The Morgan fingerprint density at radius 1 is 1.02 bits per heavy atom. The van der Waals surface area contributed by atoms with E-state index in [0.717, 1.165) is 40.0 Å². The van der Waals surface area contributed by atoms with Crippen LogP contribution in [0.25, 0.3) is 17.1 Å². The van der Waals surface area contributed by atoms with Gasteiger partial charge in [0, 0.05) is 29.0 Å². The van der Waals surface area contributed by atoms with Gasteiger partial charge in [0.2, 0.25) is 0 Å². The number of hydrazone groups is 1. The van der Waals surface area contributed by atoms with E-state index in [0.29, 0.717) is 17.1 Å². The number of benzene rings is 3. The number of ether oxygens (including phenoxy) is 1. The van der Waals surface area contributed by atoms with Crippen LogP contribution in [0.1, 0.15) is 24.1 Å². The molecule has 6 rings (SSSR count). The molecule has 4 aromatic rings. The van der Waals surface area contributed by atoms with E-state index < -0.39 is 18.0 Å². The highest BCUT2D eigenvalue weighted by molar-refractivity contribution is 8.14. The zero-order valence-corrected chi connectivity index (χ0v) is 21.9. The van der Waals surface area contributed by atoms with Crippen LogP contribution in [0.2, 0.25) is 0 Å². The first-order valence-electron chi connectivity index (χ1n) is 12.2. The molecule has 0 amide bonds. The quantitative estimate of drug-likeness (QED) is 0.142. The summed E-state index contributed by atoms with van der Waals surface area (Å²) < 4.78 is 84.3. The summed E-state index contributed by atoms with van der Waals surface area (Å²) in [5.74, 6) is 0.184. The summed E-state index contributed by atoms with van der Waals surface area (Å²) in [7, 11) is 0. The number of fused-ring (bicyclic) bond motifs is 2. The van der Waals surface area contributed by atoms with Gasteiger partial charge in [-0.2, -0.15) is 22.0 Å². The number of nitrogens with zero attached hydrogens (tertiary/aromatic N) is 6. The van der Waals surface area contributed by atoms with Crippen molar-refractivity contribution >= 4 is 28.8 Å². The summed E-state index contributed by atoms with van der Waals surface area (Å²) in [5.41, 5.74) is 3.76. The molecule has 1 aromatic heterocycles. The third kappa shape index (κ3) is 5.03. The van der Waals surface area contributed by atoms with Crippen molar-refractivity contribution in [1.82, 2.24) is 19.8 Å². The van der Waals surface area contributed by atoms with Crippen molar-refractivity contribution < 1.29 is 35.7 Å². The molecule has 0 saturated heterocycles. The van der Waals surface area contributed by atoms with Gasteiger partial charge in [-0.05, 0) is 48.9 Å². The third-order valence-electron chi connectivity index (χ3n) is 6.52. The SMILES string of the molecule is CC1c2ccc(F)cc2[N+]2=C(SC2)N1N=Cc1ccc(-c2ncn(-c3ccc(OC(F)(F)C(F)(F)F)cc3)n2)cc1. The highest BCUT2D eigenvalue weighted by Gasteiger charge is 2.61. The summed E-state index contributed by atoms with van der Waals surface area (Å²) in [6.07, 6.45) is -8.01. The molecule has 14 heteroatoms. The molecule has 3 heterocycles. The van der Waals surface area contributed by atoms with Gasteiger partial charge in [0.15, 0.2) is 11.9 Å². The van der Waals surface area contributed by atoms with Crippen LogP contribution in [0, 0.1) is 5.82 Å². The standard InChI is InChI=1S/C27H19F6N6OS/c1-16-22-11-6-19(28)12-23(22)37-15-41-25(37)39(16)35-13-17-2-4-18(5-3-17)24-34-14-38(36-24)20-7-9-21(10-8-20)40-27(32,33)26(29,30)31/h2-14,16H,15H2,1H3/q+1. The number of amidine groups is 1. The first-order chi connectivity index (χ1) is 19.5. The Balaban J connectivity index is 1.14. The maximum atomic E-state index is 13.8. The zero-order valence-electron chi connectivity index (χ0n) is 21.1. The molecule has 7 nitrogen and oxygen atoms in total. The predicted molar refractivity (Wildman–Crippen MR) is 140 cm³/mol. The Hall–Kier alpha value is -4.33. The van der Waals surface area contributed by atoms with Crippen molar-refractivity contribution in [1.29, 1.82) is 0 Å². The molecule has 0 bridgehead atoms. The van der Waals surface area contributed by atoms with Gasteiger partial charge >= 0.3 is 17.5 Å². The molecule has 1 atom stereocenters. The summed E-state index contributed by atoms with van der Waals surface area (Å²) in [6, 6.07) is 16.6. The smallest absolute Gasteiger partial charge is 0.426 e. The average Bonchev–Trinajstić information content (AvgIpc) is 3.40. The molecule has 0 saturated carbocycles. The van der Waals surface area contributed by atoms with E-state index in [2.05, 4.69) is 19.9 Å². The Morgan fingerprint density at radius 3 is 2.41 bits per heavy atom. The Labute approximate surface area is 233 Å². The molecular formula is C27H19F6N6OS+. The molecule has 2 aliphatic rings. The number of hydrogen-bond acceptors (Lipinski definition) is 6. The molecule has 41 heavy (non-hydrogen) atoms. The van der Waals surface area contributed by atoms with E-state index in [4.69, 9.17) is 0 Å². The van der Waals surface area contributed by atoms with Crippen molar-refractivity contribution in [3.63, 3.8) is 0 Å². The van der Waals surface area contributed by atoms with Gasteiger partial charge in [0.1, 0.15) is 29.5 Å². The van der Waals surface area contributed by atoms with Crippen molar-refractivity contribution in [2.24, 2.45) is 5.10 Å². The minimum absolute atomic E-state index is 0.0740. The number of aromatic nitrogens is 3. The van der Waals surface area contributed by atoms with Crippen molar-refractivity contribution in [3.05, 3.63) is 90.0 Å². The number of hydrogen-bond donors (Lipinski definition) is 0. The minimum atomic E-state index is -5.83. The summed E-state index contributed by atoms with van der Waals surface area (Å²) in [5, 5.41) is 11.9. The largest absolute Gasteiger partial charge is 0.499 e. The van der Waals surface area contributed by atoms with E-state index >= 15 is 0 Å². The zero-order chi connectivity index (χ0) is 28.9. The van der Waals surface area contributed by atoms with E-state index in [9.17, 15) is 26.3 Å². The third-order valence-corrected chi connectivity index (χ3v) is 7.57. The van der Waals surface area contributed by atoms with Gasteiger partial charge in [-0.3, -0.25) is 0 Å². The molecule has 0 aliphatic carbocycles. The van der Waals surface area contributed by atoms with Crippen molar-refractivity contribution in [2.45, 2.75) is 25.3 Å². The van der Waals surface area contributed by atoms with Crippen LogP contribution in [-0.4, -0.2) is 53.9 Å². The monoisotopic (exact) mass is 589 g/mol. The number of alkyl halides is 5. The van der Waals surface area contributed by atoms with Gasteiger partial charge in [0.05, 0.1) is 11.9 Å². The van der Waals surface area contributed by atoms with Gasteiger partial charge < -0.3 is 4.74 Å². The predicted octanol–water partition coefficient (Wildman–Crippen LogP) is 6.72. The summed E-state index contributed by atoms with van der Waals surface area (Å²) in [4.78, 5) is 4.26. The van der Waals surface area contributed by atoms with Gasteiger partial charge in [-0.15, -0.1) is 10.1 Å². The molecule has 210 valence electrons. The number of halogens is 6. The lowest BCUT2D eigenvalue weighted by molar-refractivity contribution is -0.434. The van der Waals surface area contributed by atoms with Crippen LogP contribution < -0.4 is 4.74 Å². The van der Waals surface area contributed by atoms with Crippen LogP contribution in [0.15, 0.2) is 78.2 Å². The number of thioether (sulfide) groups is 1. The van der Waals surface area contributed by atoms with Gasteiger partial charge in [-0.25, -0.2) is 18.6 Å². The fourth-order valence-corrected chi connectivity index (χ4v) is 5.29. The van der Waals surface area contributed by atoms with Crippen LogP contribution in [0.5, 0.6) is 5.75 Å². The van der Waals surface area contributed by atoms with Gasteiger partial charge in [0.25, 0.3) is 0 Å². The molecule has 0 fully saturated rings. The average molecular weight is 590 g/mol. The first kappa shape index (κ1) is 26.9. The Bertz CT molecular complexity index is 1670. The fourth-order valence-electron chi connectivity index (χ4n) is 4.34. The Morgan fingerprint density at radius 2 is 1.76 bits per heavy atom. The highest BCUT2D eigenvalue weighted by Crippen LogP contribution is 2.42. The normalized spacial score (nSPS) is 17.0. The Kier molecular flexibility index (Phi) is 6.52. The lowest BCUT2D eigenvalue weighted by Crippen LogP contribution is -2.43. The van der Waals surface area contributed by atoms with Crippen LogP contribution in [0.4, 0.5) is 32.0 Å². The molecule has 0 N–H and O–H groups in total. The van der Waals surface area contributed by atoms with E-state index in [1.165, 1.54) is 29.2 Å². The van der Waals surface area contributed by atoms with Gasteiger partial charge in [-0.1, -0.05) is 29.4 Å². The second kappa shape index (κ2) is 9.94. The maximum absolute atomic E-state index is 13.8. The lowest BCUT2D eigenvalue weighted by Gasteiger charge is -2.32. The van der Waals surface area contributed by atoms with E-state index in [1.54, 1.807) is 30.1 Å². The van der Waals surface area contributed by atoms with Crippen molar-refractivity contribution in [2.75, 3.05) is 5.88 Å². The van der Waals surface area contributed by atoms with Crippen molar-refractivity contribution in [3.8, 4) is 22.8 Å². The van der Waals surface area contributed by atoms with Crippen LogP contribution >= 0.6 is 11.8 Å². The van der Waals surface area contributed by atoms with Crippen LogP contribution in [0.3, 0.4) is 0 Å². The molecule has 0 radical (unpaired) electrons. The molecule has 3 aromatic carbocycles. The minimum Gasteiger partial charge on any atom is -0.426 e. The lowest BCUT2D eigenvalue weighted by atomic mass is 10.0. The molecular weight excluding hydrogens is 570 g/mol. The summed E-state index contributed by atoms with van der Waals surface area (Å²) in [6.45, 7) is 2.01. The second-order valence-electron chi connectivity index (χ2n) is 9.20. The van der Waals surface area contributed by atoms with Crippen LogP contribution in [-0.2, 0) is 0 Å². The molecule has 2 aliphatic heterocycles. The maximum Gasteiger partial charge on any atom is 0.499 e. The second-order valence-corrected chi connectivity index (χ2v) is 10.1. The first-order valence-corrected chi connectivity index (χ1v) is 13.1. The van der Waals surface area contributed by atoms with E-state index in [-0.39, 0.29) is 11.9 Å². The molecule has 1 unspecified atom stereocenters. The topological polar surface area (TPSA) is 58.5 Å². The highest BCUT2D eigenvalue weighted by atomic mass is 32.2. The van der Waals surface area contributed by atoms with E-state index in [1.807, 2.05) is 40.8 Å². The fraction of sp³-hybridized carbons (Fsp3) is 0.185. The summed E-state index contributed by atoms with van der Waals surface area (Å²) >= 11 is 1.64. The number of rotatable bonds is 6. The molecule has 0 spiro atoms.